The lowest BCUT2D eigenvalue weighted by atomic mass is 10.2. The van der Waals surface area contributed by atoms with Gasteiger partial charge in [-0.1, -0.05) is 0 Å². The van der Waals surface area contributed by atoms with Crippen LogP contribution in [0.25, 0.3) is 0 Å². The second-order valence-electron chi connectivity index (χ2n) is 4.25. The van der Waals surface area contributed by atoms with Crippen LogP contribution in [0.15, 0.2) is 16.9 Å². The fourth-order valence-corrected chi connectivity index (χ4v) is 2.39. The lowest BCUT2D eigenvalue weighted by molar-refractivity contribution is 0.0939. The Morgan fingerprint density at radius 3 is 2.84 bits per heavy atom. The molecular formula is C12H16BrN5O. The molecule has 0 aliphatic rings. The minimum Gasteiger partial charge on any atom is -0.346 e. The minimum absolute atomic E-state index is 0.144. The summed E-state index contributed by atoms with van der Waals surface area (Å²) in [6.07, 6.45) is 3.54. The van der Waals surface area contributed by atoms with E-state index in [0.717, 1.165) is 11.3 Å². The molecule has 0 atom stereocenters. The van der Waals surface area contributed by atoms with E-state index in [4.69, 9.17) is 0 Å². The molecule has 2 heterocycles. The topological polar surface area (TPSA) is 64.7 Å². The molecule has 0 aromatic carbocycles. The number of amides is 1. The van der Waals surface area contributed by atoms with Crippen LogP contribution in [0.2, 0.25) is 0 Å². The standard InChI is InChI=1S/C12H16BrN5O/c1-4-18-11(10(13)6-15-18)12(19)14-5-9-7-17(3)16-8(9)2/h6-7H,4-5H2,1-3H3,(H,14,19). The quantitative estimate of drug-likeness (QED) is 0.929. The lowest BCUT2D eigenvalue weighted by Crippen LogP contribution is -2.26. The van der Waals surface area contributed by atoms with Crippen LogP contribution in [0, 0.1) is 6.92 Å². The molecular weight excluding hydrogens is 310 g/mol. The number of hydrogen-bond acceptors (Lipinski definition) is 3. The van der Waals surface area contributed by atoms with Crippen molar-refractivity contribution in [3.05, 3.63) is 33.8 Å². The summed E-state index contributed by atoms with van der Waals surface area (Å²) in [7, 11) is 1.86. The number of nitrogens with zero attached hydrogens (tertiary/aromatic N) is 4. The molecule has 7 heteroatoms. The molecule has 0 aliphatic heterocycles. The Morgan fingerprint density at radius 2 is 2.26 bits per heavy atom. The first-order chi connectivity index (χ1) is 9.02. The van der Waals surface area contributed by atoms with E-state index in [0.29, 0.717) is 23.3 Å². The molecule has 19 heavy (non-hydrogen) atoms. The van der Waals surface area contributed by atoms with Crippen molar-refractivity contribution in [2.45, 2.75) is 26.9 Å². The Labute approximate surface area is 119 Å². The molecule has 2 aromatic heterocycles. The lowest BCUT2D eigenvalue weighted by Gasteiger charge is -2.06. The summed E-state index contributed by atoms with van der Waals surface area (Å²) in [6, 6.07) is 0. The van der Waals surface area contributed by atoms with Gasteiger partial charge in [0.05, 0.1) is 16.4 Å². The maximum Gasteiger partial charge on any atom is 0.271 e. The highest BCUT2D eigenvalue weighted by Crippen LogP contribution is 2.16. The molecule has 6 nitrogen and oxygen atoms in total. The molecule has 1 N–H and O–H groups in total. The number of aromatic nitrogens is 4. The van der Waals surface area contributed by atoms with E-state index in [1.807, 2.05) is 27.1 Å². The maximum absolute atomic E-state index is 12.2. The summed E-state index contributed by atoms with van der Waals surface area (Å²) < 4.78 is 4.10. The third-order valence-corrected chi connectivity index (χ3v) is 3.44. The summed E-state index contributed by atoms with van der Waals surface area (Å²) in [6.45, 7) is 4.98. The first-order valence-corrected chi connectivity index (χ1v) is 6.80. The van der Waals surface area contributed by atoms with Gasteiger partial charge in [-0.25, -0.2) is 0 Å². The molecule has 1 amide bonds. The highest BCUT2D eigenvalue weighted by Gasteiger charge is 2.16. The number of carbonyl (C=O) groups is 1. The van der Waals surface area contributed by atoms with E-state index in [1.54, 1.807) is 15.6 Å². The summed E-state index contributed by atoms with van der Waals surface area (Å²) in [5, 5.41) is 11.3. The number of aryl methyl sites for hydroxylation is 3. The third-order valence-electron chi connectivity index (χ3n) is 2.86. The molecule has 0 saturated heterocycles. The monoisotopic (exact) mass is 325 g/mol. The van der Waals surface area contributed by atoms with Gasteiger partial charge < -0.3 is 5.32 Å². The molecule has 0 spiro atoms. The van der Waals surface area contributed by atoms with Gasteiger partial charge in [-0.15, -0.1) is 0 Å². The van der Waals surface area contributed by atoms with Crippen molar-refractivity contribution < 1.29 is 4.79 Å². The Balaban J connectivity index is 2.09. The fraction of sp³-hybridized carbons (Fsp3) is 0.417. The SMILES string of the molecule is CCn1ncc(Br)c1C(=O)NCc1cn(C)nc1C. The van der Waals surface area contributed by atoms with Gasteiger partial charge in [-0.3, -0.25) is 14.2 Å². The van der Waals surface area contributed by atoms with E-state index < -0.39 is 0 Å². The molecule has 0 bridgehead atoms. The van der Waals surface area contributed by atoms with E-state index in [-0.39, 0.29) is 5.91 Å². The van der Waals surface area contributed by atoms with Gasteiger partial charge in [0.1, 0.15) is 5.69 Å². The average Bonchev–Trinajstić information content (AvgIpc) is 2.89. The van der Waals surface area contributed by atoms with E-state index in [2.05, 4.69) is 31.4 Å². The Hall–Kier alpha value is -1.63. The molecule has 0 radical (unpaired) electrons. The Morgan fingerprint density at radius 1 is 1.53 bits per heavy atom. The maximum atomic E-state index is 12.2. The van der Waals surface area contributed by atoms with Gasteiger partial charge in [0.25, 0.3) is 5.91 Å². The number of hydrogen-bond donors (Lipinski definition) is 1. The van der Waals surface area contributed by atoms with Gasteiger partial charge in [-0.2, -0.15) is 10.2 Å². The van der Waals surface area contributed by atoms with Crippen molar-refractivity contribution >= 4 is 21.8 Å². The van der Waals surface area contributed by atoms with Crippen molar-refractivity contribution in [2.24, 2.45) is 7.05 Å². The van der Waals surface area contributed by atoms with Crippen molar-refractivity contribution in [1.29, 1.82) is 0 Å². The van der Waals surface area contributed by atoms with Crippen LogP contribution < -0.4 is 5.32 Å². The van der Waals surface area contributed by atoms with Crippen LogP contribution in [0.1, 0.15) is 28.7 Å². The molecule has 0 saturated carbocycles. The Kier molecular flexibility index (Phi) is 4.04. The first-order valence-electron chi connectivity index (χ1n) is 6.01. The van der Waals surface area contributed by atoms with Crippen LogP contribution in [0.3, 0.4) is 0 Å². The molecule has 0 unspecified atom stereocenters. The van der Waals surface area contributed by atoms with Crippen molar-refractivity contribution in [2.75, 3.05) is 0 Å². The van der Waals surface area contributed by atoms with Crippen LogP contribution in [0.5, 0.6) is 0 Å². The van der Waals surface area contributed by atoms with Crippen LogP contribution in [-0.4, -0.2) is 25.5 Å². The third kappa shape index (κ3) is 2.86. The number of halogens is 1. The number of rotatable bonds is 4. The van der Waals surface area contributed by atoms with Crippen LogP contribution in [-0.2, 0) is 20.1 Å². The van der Waals surface area contributed by atoms with Gasteiger partial charge in [0.15, 0.2) is 0 Å². The normalized spacial score (nSPS) is 10.7. The van der Waals surface area contributed by atoms with E-state index >= 15 is 0 Å². The largest absolute Gasteiger partial charge is 0.346 e. The first kappa shape index (κ1) is 13.8. The highest BCUT2D eigenvalue weighted by atomic mass is 79.9. The highest BCUT2D eigenvalue weighted by molar-refractivity contribution is 9.10. The minimum atomic E-state index is -0.144. The molecule has 102 valence electrons. The van der Waals surface area contributed by atoms with Crippen molar-refractivity contribution in [1.82, 2.24) is 24.9 Å². The zero-order valence-electron chi connectivity index (χ0n) is 11.1. The summed E-state index contributed by atoms with van der Waals surface area (Å²) >= 11 is 3.34. The Bertz CT molecular complexity index is 601. The van der Waals surface area contributed by atoms with E-state index in [1.165, 1.54) is 0 Å². The predicted octanol–water partition coefficient (Wildman–Crippen LogP) is 1.64. The zero-order chi connectivity index (χ0) is 14.0. The molecule has 2 aromatic rings. The second kappa shape index (κ2) is 5.56. The molecule has 0 fully saturated rings. The summed E-state index contributed by atoms with van der Waals surface area (Å²) in [5.41, 5.74) is 2.48. The smallest absolute Gasteiger partial charge is 0.271 e. The van der Waals surface area contributed by atoms with Crippen molar-refractivity contribution in [3.63, 3.8) is 0 Å². The average molecular weight is 326 g/mol. The van der Waals surface area contributed by atoms with Gasteiger partial charge in [0.2, 0.25) is 0 Å². The van der Waals surface area contributed by atoms with Gasteiger partial charge >= 0.3 is 0 Å². The molecule has 0 aliphatic carbocycles. The van der Waals surface area contributed by atoms with Crippen molar-refractivity contribution in [3.8, 4) is 0 Å². The van der Waals surface area contributed by atoms with Crippen LogP contribution in [0.4, 0.5) is 0 Å². The fourth-order valence-electron chi connectivity index (χ4n) is 1.91. The number of carbonyl (C=O) groups excluding carboxylic acids is 1. The second-order valence-corrected chi connectivity index (χ2v) is 5.11. The van der Waals surface area contributed by atoms with Gasteiger partial charge in [0, 0.05) is 31.9 Å². The van der Waals surface area contributed by atoms with E-state index in [9.17, 15) is 4.79 Å². The number of nitrogens with one attached hydrogen (secondary N) is 1. The summed E-state index contributed by atoms with van der Waals surface area (Å²) in [4.78, 5) is 12.2. The molecule has 2 rings (SSSR count). The predicted molar refractivity (Wildman–Crippen MR) is 74.7 cm³/mol. The zero-order valence-corrected chi connectivity index (χ0v) is 12.7. The summed E-state index contributed by atoms with van der Waals surface area (Å²) in [5.74, 6) is -0.144. The van der Waals surface area contributed by atoms with Gasteiger partial charge in [-0.05, 0) is 29.8 Å². The van der Waals surface area contributed by atoms with Crippen LogP contribution >= 0.6 is 15.9 Å².